The Balaban J connectivity index is 2.92. The molecule has 0 bridgehead atoms. The fraction of sp³-hybridized carbons (Fsp3) is 0.533. The van der Waals surface area contributed by atoms with Crippen LogP contribution in [0, 0.1) is 6.92 Å². The summed E-state index contributed by atoms with van der Waals surface area (Å²) in [6.07, 6.45) is 0. The summed E-state index contributed by atoms with van der Waals surface area (Å²) in [6.45, 7) is 4.03. The zero-order valence-electron chi connectivity index (χ0n) is 13.2. The lowest BCUT2D eigenvalue weighted by atomic mass is 10.0. The molecule has 1 amide bonds. The third-order valence-electron chi connectivity index (χ3n) is 3.28. The fourth-order valence-electron chi connectivity index (χ4n) is 2.12. The van der Waals surface area contributed by atoms with Crippen molar-refractivity contribution < 1.29 is 19.0 Å². The molecule has 2 unspecified atom stereocenters. The first-order chi connectivity index (χ1) is 9.94. The molecule has 0 aliphatic carbocycles. The Hall–Kier alpha value is -1.79. The summed E-state index contributed by atoms with van der Waals surface area (Å²) in [6, 6.07) is 2.87. The Kier molecular flexibility index (Phi) is 6.45. The van der Waals surface area contributed by atoms with Gasteiger partial charge >= 0.3 is 0 Å². The van der Waals surface area contributed by atoms with Crippen LogP contribution in [0.25, 0.3) is 0 Å². The van der Waals surface area contributed by atoms with Crippen LogP contribution in [0.5, 0.6) is 11.5 Å². The number of carbonyl (C=O) groups excluding carboxylic acids is 1. The van der Waals surface area contributed by atoms with Crippen molar-refractivity contribution in [1.29, 1.82) is 0 Å². The van der Waals surface area contributed by atoms with Crippen LogP contribution in [0.2, 0.25) is 0 Å². The van der Waals surface area contributed by atoms with Gasteiger partial charge in [-0.25, -0.2) is 0 Å². The standard InChI is InChI=1S/C15H24N2O4/c1-9-6-13(20-4)14(21-5)7-11(9)10(2)17-15(18)12(16)8-19-3/h6-7,10,12H,8,16H2,1-5H3,(H,17,18). The number of amides is 1. The first-order valence-corrected chi connectivity index (χ1v) is 6.72. The second-order valence-electron chi connectivity index (χ2n) is 4.86. The van der Waals surface area contributed by atoms with Crippen LogP contribution in [0.15, 0.2) is 12.1 Å². The first-order valence-electron chi connectivity index (χ1n) is 6.72. The Morgan fingerprint density at radius 1 is 1.24 bits per heavy atom. The molecule has 118 valence electrons. The van der Waals surface area contributed by atoms with Crippen LogP contribution < -0.4 is 20.5 Å². The minimum Gasteiger partial charge on any atom is -0.493 e. The molecule has 0 saturated carbocycles. The molecule has 0 aromatic heterocycles. The number of hydrogen-bond donors (Lipinski definition) is 2. The van der Waals surface area contributed by atoms with E-state index in [0.717, 1.165) is 11.1 Å². The Bertz CT molecular complexity index is 491. The van der Waals surface area contributed by atoms with Gasteiger partial charge in [0.2, 0.25) is 5.91 Å². The topological polar surface area (TPSA) is 82.8 Å². The van der Waals surface area contributed by atoms with Gasteiger partial charge in [-0.15, -0.1) is 0 Å². The Morgan fingerprint density at radius 2 is 1.81 bits per heavy atom. The van der Waals surface area contributed by atoms with Gasteiger partial charge in [-0.3, -0.25) is 4.79 Å². The summed E-state index contributed by atoms with van der Waals surface area (Å²) >= 11 is 0. The van der Waals surface area contributed by atoms with Crippen LogP contribution in [-0.4, -0.2) is 39.9 Å². The molecule has 0 heterocycles. The average molecular weight is 296 g/mol. The molecule has 6 heteroatoms. The van der Waals surface area contributed by atoms with Crippen LogP contribution in [0.3, 0.4) is 0 Å². The molecule has 1 aromatic rings. The number of methoxy groups -OCH3 is 3. The predicted molar refractivity (Wildman–Crippen MR) is 80.7 cm³/mol. The normalized spacial score (nSPS) is 13.4. The third kappa shape index (κ3) is 4.34. The van der Waals surface area contributed by atoms with Gasteiger partial charge in [0.25, 0.3) is 0 Å². The highest BCUT2D eigenvalue weighted by Crippen LogP contribution is 2.32. The maximum Gasteiger partial charge on any atom is 0.239 e. The van der Waals surface area contributed by atoms with E-state index in [1.54, 1.807) is 14.2 Å². The van der Waals surface area contributed by atoms with Crippen LogP contribution in [-0.2, 0) is 9.53 Å². The fourth-order valence-corrected chi connectivity index (χ4v) is 2.12. The van der Waals surface area contributed by atoms with Gasteiger partial charge in [-0.05, 0) is 37.1 Å². The van der Waals surface area contributed by atoms with Gasteiger partial charge in [0.1, 0.15) is 6.04 Å². The second kappa shape index (κ2) is 7.85. The van der Waals surface area contributed by atoms with Gasteiger partial charge < -0.3 is 25.3 Å². The highest BCUT2D eigenvalue weighted by atomic mass is 16.5. The van der Waals surface area contributed by atoms with E-state index in [0.29, 0.717) is 11.5 Å². The second-order valence-corrected chi connectivity index (χ2v) is 4.86. The van der Waals surface area contributed by atoms with Crippen LogP contribution >= 0.6 is 0 Å². The number of rotatable bonds is 7. The van der Waals surface area contributed by atoms with Crippen molar-refractivity contribution in [2.45, 2.75) is 25.9 Å². The van der Waals surface area contributed by atoms with E-state index in [2.05, 4.69) is 5.32 Å². The van der Waals surface area contributed by atoms with Crippen molar-refractivity contribution in [3.05, 3.63) is 23.3 Å². The van der Waals surface area contributed by atoms with Crippen molar-refractivity contribution in [1.82, 2.24) is 5.32 Å². The lowest BCUT2D eigenvalue weighted by Crippen LogP contribution is -2.44. The first kappa shape index (κ1) is 17.3. The Labute approximate surface area is 125 Å². The molecule has 3 N–H and O–H groups in total. The van der Waals surface area contributed by atoms with Gasteiger partial charge in [0.05, 0.1) is 26.9 Å². The molecule has 0 aliphatic rings. The monoisotopic (exact) mass is 296 g/mol. The van der Waals surface area contributed by atoms with E-state index in [4.69, 9.17) is 19.9 Å². The number of nitrogens with one attached hydrogen (secondary N) is 1. The van der Waals surface area contributed by atoms with Gasteiger partial charge in [-0.2, -0.15) is 0 Å². The lowest BCUT2D eigenvalue weighted by molar-refractivity contribution is -0.124. The molecule has 1 aromatic carbocycles. The van der Waals surface area contributed by atoms with E-state index in [-0.39, 0.29) is 18.6 Å². The van der Waals surface area contributed by atoms with Crippen molar-refractivity contribution in [2.24, 2.45) is 5.73 Å². The number of aryl methyl sites for hydroxylation is 1. The molecule has 0 aliphatic heterocycles. The summed E-state index contributed by atoms with van der Waals surface area (Å²) in [5.74, 6) is 1.03. The van der Waals surface area contributed by atoms with Crippen molar-refractivity contribution in [2.75, 3.05) is 27.9 Å². The molecular formula is C15H24N2O4. The highest BCUT2D eigenvalue weighted by molar-refractivity contribution is 5.82. The molecule has 2 atom stereocenters. The molecule has 0 fully saturated rings. The van der Waals surface area contributed by atoms with E-state index in [1.165, 1.54) is 7.11 Å². The SMILES string of the molecule is COCC(N)C(=O)NC(C)c1cc(OC)c(OC)cc1C. The average Bonchev–Trinajstić information content (AvgIpc) is 2.46. The molecule has 21 heavy (non-hydrogen) atoms. The largest absolute Gasteiger partial charge is 0.493 e. The third-order valence-corrected chi connectivity index (χ3v) is 3.28. The number of carbonyl (C=O) groups is 1. The summed E-state index contributed by atoms with van der Waals surface area (Å²) in [7, 11) is 4.68. The molecule has 0 radical (unpaired) electrons. The predicted octanol–water partition coefficient (Wildman–Crippen LogP) is 1.16. The van der Waals surface area contributed by atoms with E-state index in [9.17, 15) is 4.79 Å². The minimum absolute atomic E-state index is 0.184. The van der Waals surface area contributed by atoms with Crippen molar-refractivity contribution >= 4 is 5.91 Å². The summed E-state index contributed by atoms with van der Waals surface area (Å²) in [5.41, 5.74) is 7.66. The quantitative estimate of drug-likeness (QED) is 0.789. The zero-order valence-corrected chi connectivity index (χ0v) is 13.2. The molecule has 1 rings (SSSR count). The number of benzene rings is 1. The lowest BCUT2D eigenvalue weighted by Gasteiger charge is -2.20. The summed E-state index contributed by atoms with van der Waals surface area (Å²) < 4.78 is 15.4. The van der Waals surface area contributed by atoms with Gasteiger partial charge in [-0.1, -0.05) is 0 Å². The van der Waals surface area contributed by atoms with E-state index < -0.39 is 6.04 Å². The highest BCUT2D eigenvalue weighted by Gasteiger charge is 2.19. The number of hydrogen-bond acceptors (Lipinski definition) is 5. The smallest absolute Gasteiger partial charge is 0.239 e. The number of ether oxygens (including phenoxy) is 3. The van der Waals surface area contributed by atoms with Gasteiger partial charge in [0.15, 0.2) is 11.5 Å². The van der Waals surface area contributed by atoms with Gasteiger partial charge in [0, 0.05) is 7.11 Å². The molecule has 0 saturated heterocycles. The molecule has 6 nitrogen and oxygen atoms in total. The zero-order chi connectivity index (χ0) is 16.0. The van der Waals surface area contributed by atoms with Crippen molar-refractivity contribution in [3.63, 3.8) is 0 Å². The molecular weight excluding hydrogens is 272 g/mol. The Morgan fingerprint density at radius 3 is 2.33 bits per heavy atom. The van der Waals surface area contributed by atoms with Crippen molar-refractivity contribution in [3.8, 4) is 11.5 Å². The van der Waals surface area contributed by atoms with E-state index in [1.807, 2.05) is 26.0 Å². The van der Waals surface area contributed by atoms with Crippen LogP contribution in [0.4, 0.5) is 0 Å². The maximum atomic E-state index is 11.9. The minimum atomic E-state index is -0.682. The van der Waals surface area contributed by atoms with Crippen LogP contribution in [0.1, 0.15) is 24.1 Å². The summed E-state index contributed by atoms with van der Waals surface area (Å²) in [4.78, 5) is 11.9. The maximum absolute atomic E-state index is 11.9. The van der Waals surface area contributed by atoms with E-state index >= 15 is 0 Å². The molecule has 0 spiro atoms. The summed E-state index contributed by atoms with van der Waals surface area (Å²) in [5, 5.41) is 2.87. The number of nitrogens with two attached hydrogens (primary N) is 1.